The first-order valence-corrected chi connectivity index (χ1v) is 6.85. The summed E-state index contributed by atoms with van der Waals surface area (Å²) in [6, 6.07) is 5.27. The fraction of sp³-hybridized carbons (Fsp3) is 0.429. The molecule has 7 heteroatoms. The molecule has 1 aliphatic rings. The highest BCUT2D eigenvalue weighted by Crippen LogP contribution is 2.32. The zero-order valence-corrected chi connectivity index (χ0v) is 12.0. The number of hydrogen-bond donors (Lipinski definition) is 0. The minimum absolute atomic E-state index is 0.0483. The molecule has 1 aromatic carbocycles. The lowest BCUT2D eigenvalue weighted by molar-refractivity contribution is -0.384. The van der Waals surface area contributed by atoms with E-state index in [2.05, 4.69) is 0 Å². The van der Waals surface area contributed by atoms with Gasteiger partial charge in [0.15, 0.2) is 0 Å². The molecule has 1 aromatic rings. The number of anilines is 1. The number of imide groups is 1. The van der Waals surface area contributed by atoms with Gasteiger partial charge in [-0.3, -0.25) is 24.6 Å². The van der Waals surface area contributed by atoms with Crippen LogP contribution in [0.4, 0.5) is 11.4 Å². The Balaban J connectivity index is 2.40. The molecule has 0 aromatic heterocycles. The molecule has 1 heterocycles. The number of para-hydroxylation sites is 2. The SMILES string of the molecule is CCN(CC)C1CC(=O)N(c2ccccc2[N+](=O)[O-])C1=O. The van der Waals surface area contributed by atoms with Crippen LogP contribution in [-0.4, -0.2) is 40.8 Å². The Labute approximate surface area is 122 Å². The van der Waals surface area contributed by atoms with Crippen LogP contribution in [0, 0.1) is 10.1 Å². The fourth-order valence-electron chi connectivity index (χ4n) is 2.63. The van der Waals surface area contributed by atoms with Gasteiger partial charge in [0.2, 0.25) is 5.91 Å². The molecule has 0 aliphatic carbocycles. The molecule has 0 saturated carbocycles. The van der Waals surface area contributed by atoms with Crippen LogP contribution in [0.25, 0.3) is 0 Å². The molecular weight excluding hydrogens is 274 g/mol. The second kappa shape index (κ2) is 6.01. The third kappa shape index (κ3) is 2.64. The van der Waals surface area contributed by atoms with Crippen LogP contribution in [0.2, 0.25) is 0 Å². The van der Waals surface area contributed by atoms with Crippen molar-refractivity contribution in [1.82, 2.24) is 4.90 Å². The summed E-state index contributed by atoms with van der Waals surface area (Å²) in [5, 5.41) is 11.1. The van der Waals surface area contributed by atoms with E-state index in [1.54, 1.807) is 6.07 Å². The Bertz CT molecular complexity index is 583. The molecule has 1 saturated heterocycles. The van der Waals surface area contributed by atoms with Crippen molar-refractivity contribution in [2.45, 2.75) is 26.3 Å². The first-order valence-electron chi connectivity index (χ1n) is 6.85. The van der Waals surface area contributed by atoms with Crippen LogP contribution in [0.15, 0.2) is 24.3 Å². The van der Waals surface area contributed by atoms with Gasteiger partial charge in [-0.2, -0.15) is 0 Å². The van der Waals surface area contributed by atoms with E-state index in [1.807, 2.05) is 18.7 Å². The number of nitro groups is 1. The first-order chi connectivity index (χ1) is 10.0. The van der Waals surface area contributed by atoms with Gasteiger partial charge in [0.1, 0.15) is 5.69 Å². The van der Waals surface area contributed by atoms with Crippen LogP contribution in [0.5, 0.6) is 0 Å². The minimum Gasteiger partial charge on any atom is -0.292 e. The molecule has 7 nitrogen and oxygen atoms in total. The molecule has 21 heavy (non-hydrogen) atoms. The Hall–Kier alpha value is -2.28. The number of nitrogens with zero attached hydrogens (tertiary/aromatic N) is 3. The second-order valence-corrected chi connectivity index (χ2v) is 4.75. The summed E-state index contributed by atoms with van der Waals surface area (Å²) in [6.07, 6.45) is 0.0621. The topological polar surface area (TPSA) is 83.8 Å². The summed E-state index contributed by atoms with van der Waals surface area (Å²) in [5.41, 5.74) is -0.188. The number of nitro benzene ring substituents is 1. The molecule has 2 amide bonds. The Morgan fingerprint density at radius 1 is 1.29 bits per heavy atom. The third-order valence-electron chi connectivity index (χ3n) is 3.70. The van der Waals surface area contributed by atoms with Crippen LogP contribution in [0.1, 0.15) is 20.3 Å². The van der Waals surface area contributed by atoms with Crippen molar-refractivity contribution in [3.8, 4) is 0 Å². The number of rotatable bonds is 5. The summed E-state index contributed by atoms with van der Waals surface area (Å²) in [6.45, 7) is 5.11. The van der Waals surface area contributed by atoms with Crippen molar-refractivity contribution in [2.75, 3.05) is 18.0 Å². The van der Waals surface area contributed by atoms with Crippen molar-refractivity contribution in [3.05, 3.63) is 34.4 Å². The number of carbonyl (C=O) groups is 2. The van der Waals surface area contributed by atoms with Gasteiger partial charge in [-0.25, -0.2) is 4.90 Å². The lowest BCUT2D eigenvalue weighted by atomic mass is 10.2. The number of hydrogen-bond acceptors (Lipinski definition) is 5. The average molecular weight is 291 g/mol. The van der Waals surface area contributed by atoms with E-state index in [4.69, 9.17) is 0 Å². The lowest BCUT2D eigenvalue weighted by Gasteiger charge is -2.24. The van der Waals surface area contributed by atoms with Crippen molar-refractivity contribution in [2.24, 2.45) is 0 Å². The Morgan fingerprint density at radius 2 is 1.90 bits per heavy atom. The Kier molecular flexibility index (Phi) is 4.32. The quantitative estimate of drug-likeness (QED) is 0.467. The maximum atomic E-state index is 12.5. The molecule has 2 rings (SSSR count). The van der Waals surface area contributed by atoms with E-state index in [0.717, 1.165) is 4.90 Å². The number of benzene rings is 1. The standard InChI is InChI=1S/C14H17N3O4/c1-3-15(4-2)12-9-13(18)16(14(12)19)10-7-5-6-8-11(10)17(20)21/h5-8,12H,3-4,9H2,1-2H3. The first kappa shape index (κ1) is 15.1. The summed E-state index contributed by atoms with van der Waals surface area (Å²) in [5.74, 6) is -0.788. The zero-order valence-electron chi connectivity index (χ0n) is 12.0. The zero-order chi connectivity index (χ0) is 15.6. The molecule has 0 N–H and O–H groups in total. The third-order valence-corrected chi connectivity index (χ3v) is 3.70. The largest absolute Gasteiger partial charge is 0.293 e. The normalized spacial score (nSPS) is 18.6. The smallest absolute Gasteiger partial charge is 0.292 e. The van der Waals surface area contributed by atoms with Gasteiger partial charge in [0.05, 0.1) is 17.4 Å². The summed E-state index contributed by atoms with van der Waals surface area (Å²) in [4.78, 5) is 38.0. The maximum Gasteiger partial charge on any atom is 0.293 e. The molecular formula is C14H17N3O4. The van der Waals surface area contributed by atoms with Gasteiger partial charge in [-0.05, 0) is 19.2 Å². The van der Waals surface area contributed by atoms with Crippen LogP contribution in [0.3, 0.4) is 0 Å². The van der Waals surface area contributed by atoms with Gasteiger partial charge >= 0.3 is 0 Å². The summed E-state index contributed by atoms with van der Waals surface area (Å²) >= 11 is 0. The molecule has 0 spiro atoms. The predicted molar refractivity (Wildman–Crippen MR) is 76.9 cm³/mol. The molecule has 112 valence electrons. The highest BCUT2D eigenvalue weighted by molar-refractivity contribution is 6.23. The van der Waals surface area contributed by atoms with Gasteiger partial charge in [-0.15, -0.1) is 0 Å². The molecule has 0 bridgehead atoms. The van der Waals surface area contributed by atoms with E-state index in [-0.39, 0.29) is 17.8 Å². The van der Waals surface area contributed by atoms with Crippen molar-refractivity contribution in [3.63, 3.8) is 0 Å². The summed E-state index contributed by atoms with van der Waals surface area (Å²) in [7, 11) is 0. The lowest BCUT2D eigenvalue weighted by Crippen LogP contribution is -2.42. The minimum atomic E-state index is -0.583. The van der Waals surface area contributed by atoms with E-state index < -0.39 is 22.8 Å². The highest BCUT2D eigenvalue weighted by Gasteiger charge is 2.43. The highest BCUT2D eigenvalue weighted by atomic mass is 16.6. The monoisotopic (exact) mass is 291 g/mol. The van der Waals surface area contributed by atoms with Gasteiger partial charge in [0.25, 0.3) is 11.6 Å². The fourth-order valence-corrected chi connectivity index (χ4v) is 2.63. The van der Waals surface area contributed by atoms with Crippen LogP contribution < -0.4 is 4.90 Å². The predicted octanol–water partition coefficient (Wildman–Crippen LogP) is 1.57. The van der Waals surface area contributed by atoms with E-state index in [0.29, 0.717) is 13.1 Å². The number of likely N-dealkylation sites (N-methyl/N-ethyl adjacent to an activating group) is 1. The van der Waals surface area contributed by atoms with Crippen molar-refractivity contribution < 1.29 is 14.5 Å². The van der Waals surface area contributed by atoms with E-state index in [9.17, 15) is 19.7 Å². The summed E-state index contributed by atoms with van der Waals surface area (Å²) < 4.78 is 0. The van der Waals surface area contributed by atoms with Gasteiger partial charge in [0, 0.05) is 6.07 Å². The van der Waals surface area contributed by atoms with Gasteiger partial charge in [-0.1, -0.05) is 26.0 Å². The second-order valence-electron chi connectivity index (χ2n) is 4.75. The van der Waals surface area contributed by atoms with Crippen molar-refractivity contribution >= 4 is 23.2 Å². The molecule has 1 unspecified atom stereocenters. The average Bonchev–Trinajstić information content (AvgIpc) is 2.75. The van der Waals surface area contributed by atoms with Gasteiger partial charge < -0.3 is 0 Å². The van der Waals surface area contributed by atoms with Crippen molar-refractivity contribution in [1.29, 1.82) is 0 Å². The molecule has 0 radical (unpaired) electrons. The van der Waals surface area contributed by atoms with Crippen LogP contribution in [-0.2, 0) is 9.59 Å². The Morgan fingerprint density at radius 3 is 2.48 bits per heavy atom. The number of amides is 2. The molecule has 1 aliphatic heterocycles. The number of carbonyl (C=O) groups excluding carboxylic acids is 2. The molecule has 1 fully saturated rings. The van der Waals surface area contributed by atoms with Crippen LogP contribution >= 0.6 is 0 Å². The maximum absolute atomic E-state index is 12.5. The molecule has 1 atom stereocenters. The van der Waals surface area contributed by atoms with E-state index in [1.165, 1.54) is 18.2 Å². The van der Waals surface area contributed by atoms with E-state index >= 15 is 0 Å².